The summed E-state index contributed by atoms with van der Waals surface area (Å²) < 4.78 is 10.4. The normalized spacial score (nSPS) is 32.9. The van der Waals surface area contributed by atoms with Crippen molar-refractivity contribution >= 4 is 11.8 Å². The van der Waals surface area contributed by atoms with Crippen LogP contribution in [0.4, 0.5) is 0 Å². The smallest absolute Gasteiger partial charge is 0.312 e. The standard InChI is InChI=1S/C20H26O4/c1-13-10-16(21)11-18-17(13)5-4-14(2)20(18,19(22)23-3)8-6-15-7-9-24-12-15/h7,9-10,12,14,17-18H,4-6,8,11H2,1-3H3. The topological polar surface area (TPSA) is 56.5 Å². The molecule has 1 fully saturated rings. The number of carbonyl (C=O) groups is 2. The van der Waals surface area contributed by atoms with Gasteiger partial charge in [0.25, 0.3) is 0 Å². The van der Waals surface area contributed by atoms with Crippen molar-refractivity contribution in [3.63, 3.8) is 0 Å². The van der Waals surface area contributed by atoms with Crippen molar-refractivity contribution in [2.45, 2.75) is 46.0 Å². The molecule has 4 nitrogen and oxygen atoms in total. The van der Waals surface area contributed by atoms with E-state index in [0.29, 0.717) is 18.8 Å². The molecule has 4 unspecified atom stereocenters. The van der Waals surface area contributed by atoms with Crippen LogP contribution in [-0.4, -0.2) is 18.9 Å². The quantitative estimate of drug-likeness (QED) is 0.784. The van der Waals surface area contributed by atoms with E-state index in [2.05, 4.69) is 6.92 Å². The van der Waals surface area contributed by atoms with Crippen molar-refractivity contribution in [3.8, 4) is 0 Å². The predicted octanol–water partition coefficient (Wildman–Crippen LogP) is 3.95. The number of furan rings is 1. The summed E-state index contributed by atoms with van der Waals surface area (Å²) in [5.41, 5.74) is 1.61. The number of aryl methyl sites for hydroxylation is 1. The maximum atomic E-state index is 13.0. The van der Waals surface area contributed by atoms with Gasteiger partial charge in [0.15, 0.2) is 5.78 Å². The van der Waals surface area contributed by atoms with Crippen LogP contribution in [0, 0.1) is 23.2 Å². The Hall–Kier alpha value is -1.84. The molecule has 2 aliphatic rings. The van der Waals surface area contributed by atoms with E-state index in [1.165, 1.54) is 7.11 Å². The molecule has 0 radical (unpaired) electrons. The Labute approximate surface area is 143 Å². The molecule has 0 aromatic carbocycles. The molecule has 1 saturated carbocycles. The first-order valence-electron chi connectivity index (χ1n) is 8.79. The second-order valence-electron chi connectivity index (χ2n) is 7.41. The molecule has 0 saturated heterocycles. The summed E-state index contributed by atoms with van der Waals surface area (Å²) >= 11 is 0. The van der Waals surface area contributed by atoms with Crippen LogP contribution in [-0.2, 0) is 20.7 Å². The van der Waals surface area contributed by atoms with E-state index < -0.39 is 5.41 Å². The highest BCUT2D eigenvalue weighted by molar-refractivity contribution is 5.92. The largest absolute Gasteiger partial charge is 0.472 e. The van der Waals surface area contributed by atoms with Gasteiger partial charge in [0, 0.05) is 6.42 Å². The Morgan fingerprint density at radius 1 is 1.42 bits per heavy atom. The van der Waals surface area contributed by atoms with Crippen LogP contribution >= 0.6 is 0 Å². The lowest BCUT2D eigenvalue weighted by atomic mass is 9.51. The lowest BCUT2D eigenvalue weighted by Crippen LogP contribution is -2.52. The van der Waals surface area contributed by atoms with E-state index in [4.69, 9.17) is 9.15 Å². The highest BCUT2D eigenvalue weighted by Gasteiger charge is 2.56. The Morgan fingerprint density at radius 3 is 2.88 bits per heavy atom. The fourth-order valence-corrected chi connectivity index (χ4v) is 4.98. The van der Waals surface area contributed by atoms with Gasteiger partial charge in [-0.2, -0.15) is 0 Å². The van der Waals surface area contributed by atoms with Crippen LogP contribution in [0.15, 0.2) is 34.7 Å². The highest BCUT2D eigenvalue weighted by Crippen LogP contribution is 2.56. The minimum atomic E-state index is -0.597. The molecule has 130 valence electrons. The number of fused-ring (bicyclic) bond motifs is 1. The van der Waals surface area contributed by atoms with Crippen LogP contribution < -0.4 is 0 Å². The van der Waals surface area contributed by atoms with Gasteiger partial charge in [0.2, 0.25) is 0 Å². The number of esters is 1. The maximum absolute atomic E-state index is 13.0. The lowest BCUT2D eigenvalue weighted by molar-refractivity contribution is -0.168. The van der Waals surface area contributed by atoms with Gasteiger partial charge in [0.1, 0.15) is 0 Å². The number of carbonyl (C=O) groups excluding carboxylic acids is 2. The number of ether oxygens (including phenoxy) is 1. The number of allylic oxidation sites excluding steroid dienone is 2. The molecule has 1 aromatic rings. The number of methoxy groups -OCH3 is 1. The van der Waals surface area contributed by atoms with Gasteiger partial charge in [0.05, 0.1) is 25.1 Å². The summed E-state index contributed by atoms with van der Waals surface area (Å²) in [6, 6.07) is 1.94. The average Bonchev–Trinajstić information content (AvgIpc) is 3.07. The van der Waals surface area contributed by atoms with Crippen molar-refractivity contribution in [1.82, 2.24) is 0 Å². The monoisotopic (exact) mass is 330 g/mol. The van der Waals surface area contributed by atoms with Gasteiger partial charge >= 0.3 is 5.97 Å². The molecule has 0 aliphatic heterocycles. The fraction of sp³-hybridized carbons (Fsp3) is 0.600. The number of hydrogen-bond acceptors (Lipinski definition) is 4. The van der Waals surface area contributed by atoms with Gasteiger partial charge in [-0.15, -0.1) is 0 Å². The fourth-order valence-electron chi connectivity index (χ4n) is 4.98. The predicted molar refractivity (Wildman–Crippen MR) is 90.2 cm³/mol. The summed E-state index contributed by atoms with van der Waals surface area (Å²) in [7, 11) is 1.46. The van der Waals surface area contributed by atoms with Gasteiger partial charge < -0.3 is 9.15 Å². The summed E-state index contributed by atoms with van der Waals surface area (Å²) in [4.78, 5) is 25.2. The van der Waals surface area contributed by atoms with Crippen LogP contribution in [0.1, 0.15) is 45.1 Å². The van der Waals surface area contributed by atoms with Crippen LogP contribution in [0.3, 0.4) is 0 Å². The SMILES string of the molecule is COC(=O)C1(CCc2ccoc2)C(C)CCC2C(C)=CC(=O)CC21. The summed E-state index contributed by atoms with van der Waals surface area (Å²) in [6.45, 7) is 4.17. The Kier molecular flexibility index (Phi) is 4.66. The number of ketones is 1. The van der Waals surface area contributed by atoms with E-state index in [9.17, 15) is 9.59 Å². The molecule has 2 aliphatic carbocycles. The maximum Gasteiger partial charge on any atom is 0.312 e. The third-order valence-electron chi connectivity index (χ3n) is 6.30. The third-order valence-corrected chi connectivity index (χ3v) is 6.30. The van der Waals surface area contributed by atoms with Gasteiger partial charge in [-0.05, 0) is 68.1 Å². The molecule has 0 amide bonds. The minimum absolute atomic E-state index is 0.0399. The van der Waals surface area contributed by atoms with E-state index in [-0.39, 0.29) is 23.6 Å². The van der Waals surface area contributed by atoms with E-state index in [1.54, 1.807) is 18.6 Å². The molecule has 0 N–H and O–H groups in total. The average molecular weight is 330 g/mol. The molecule has 0 spiro atoms. The molecule has 4 heteroatoms. The first-order chi connectivity index (χ1) is 11.5. The molecule has 1 aromatic heterocycles. The zero-order valence-corrected chi connectivity index (χ0v) is 14.7. The number of rotatable bonds is 4. The molecule has 1 heterocycles. The first-order valence-corrected chi connectivity index (χ1v) is 8.79. The van der Waals surface area contributed by atoms with Crippen molar-refractivity contribution in [1.29, 1.82) is 0 Å². The summed E-state index contributed by atoms with van der Waals surface area (Å²) in [5, 5.41) is 0. The second kappa shape index (κ2) is 6.58. The van der Waals surface area contributed by atoms with E-state index in [1.807, 2.05) is 13.0 Å². The van der Waals surface area contributed by atoms with Crippen molar-refractivity contribution in [2.75, 3.05) is 7.11 Å². The van der Waals surface area contributed by atoms with E-state index >= 15 is 0 Å². The summed E-state index contributed by atoms with van der Waals surface area (Å²) in [6.07, 6.45) is 9.10. The van der Waals surface area contributed by atoms with Crippen LogP contribution in [0.2, 0.25) is 0 Å². The Morgan fingerprint density at radius 2 is 2.21 bits per heavy atom. The highest BCUT2D eigenvalue weighted by atomic mass is 16.5. The zero-order chi connectivity index (χ0) is 17.3. The van der Waals surface area contributed by atoms with Crippen LogP contribution in [0.25, 0.3) is 0 Å². The first kappa shape index (κ1) is 17.0. The van der Waals surface area contributed by atoms with Crippen molar-refractivity contribution < 1.29 is 18.7 Å². The van der Waals surface area contributed by atoms with E-state index in [0.717, 1.165) is 30.4 Å². The molecule has 24 heavy (non-hydrogen) atoms. The van der Waals surface area contributed by atoms with Crippen LogP contribution in [0.5, 0.6) is 0 Å². The van der Waals surface area contributed by atoms with Crippen molar-refractivity contribution in [2.24, 2.45) is 23.2 Å². The molecule has 0 bridgehead atoms. The lowest BCUT2D eigenvalue weighted by Gasteiger charge is -2.51. The minimum Gasteiger partial charge on any atom is -0.472 e. The molecular weight excluding hydrogens is 304 g/mol. The van der Waals surface area contributed by atoms with Gasteiger partial charge in [-0.25, -0.2) is 0 Å². The third kappa shape index (κ3) is 2.72. The zero-order valence-electron chi connectivity index (χ0n) is 14.7. The van der Waals surface area contributed by atoms with Crippen molar-refractivity contribution in [3.05, 3.63) is 35.8 Å². The summed E-state index contributed by atoms with van der Waals surface area (Å²) in [5.74, 6) is 0.535. The molecule has 3 rings (SSSR count). The molecule has 4 atom stereocenters. The second-order valence-corrected chi connectivity index (χ2v) is 7.41. The Balaban J connectivity index is 1.98. The molecular formula is C20H26O4. The van der Waals surface area contributed by atoms with Gasteiger partial charge in [-0.3, -0.25) is 9.59 Å². The Bertz CT molecular complexity index is 643. The number of hydrogen-bond donors (Lipinski definition) is 0. The van der Waals surface area contributed by atoms with Gasteiger partial charge in [-0.1, -0.05) is 12.5 Å².